The second-order valence-corrected chi connectivity index (χ2v) is 6.26. The Kier molecular flexibility index (Phi) is 3.82. The van der Waals surface area contributed by atoms with Gasteiger partial charge in [-0.1, -0.05) is 6.07 Å². The smallest absolute Gasteiger partial charge is 0.308 e. The molecule has 2 atom stereocenters. The van der Waals surface area contributed by atoms with E-state index in [9.17, 15) is 18.7 Å². The first kappa shape index (κ1) is 14.9. The van der Waals surface area contributed by atoms with Crippen LogP contribution in [0.5, 0.6) is 0 Å². The van der Waals surface area contributed by atoms with Crippen LogP contribution in [0.15, 0.2) is 18.2 Å². The van der Waals surface area contributed by atoms with Crippen molar-refractivity contribution in [3.05, 3.63) is 35.4 Å². The Bertz CT molecular complexity index is 505. The van der Waals surface area contributed by atoms with Crippen molar-refractivity contribution in [2.75, 3.05) is 13.1 Å². The Morgan fingerprint density at radius 1 is 1.25 bits per heavy atom. The molecule has 1 saturated heterocycles. The third-order valence-electron chi connectivity index (χ3n) is 3.96. The van der Waals surface area contributed by atoms with Crippen LogP contribution in [-0.2, 0) is 4.79 Å². The summed E-state index contributed by atoms with van der Waals surface area (Å²) >= 11 is 0. The highest BCUT2D eigenvalue weighted by atomic mass is 19.1. The predicted octanol–water partition coefficient (Wildman–Crippen LogP) is 2.86. The number of hydrogen-bond donors (Lipinski definition) is 1. The highest BCUT2D eigenvalue weighted by molar-refractivity contribution is 5.72. The summed E-state index contributed by atoms with van der Waals surface area (Å²) in [6, 6.07) is 3.65. The van der Waals surface area contributed by atoms with Crippen molar-refractivity contribution in [3.8, 4) is 0 Å². The molecule has 1 aliphatic heterocycles. The molecule has 0 spiro atoms. The van der Waals surface area contributed by atoms with Crippen LogP contribution in [0.4, 0.5) is 8.78 Å². The first-order valence-corrected chi connectivity index (χ1v) is 6.63. The van der Waals surface area contributed by atoms with Gasteiger partial charge in [-0.05, 0) is 32.9 Å². The number of halogens is 2. The van der Waals surface area contributed by atoms with Gasteiger partial charge in [-0.25, -0.2) is 8.78 Å². The van der Waals surface area contributed by atoms with E-state index in [-0.39, 0.29) is 11.1 Å². The Morgan fingerprint density at radius 2 is 1.80 bits per heavy atom. The average molecular weight is 283 g/mol. The fourth-order valence-electron chi connectivity index (χ4n) is 2.76. The van der Waals surface area contributed by atoms with E-state index in [1.54, 1.807) is 0 Å². The molecule has 1 heterocycles. The summed E-state index contributed by atoms with van der Waals surface area (Å²) in [4.78, 5) is 13.4. The van der Waals surface area contributed by atoms with Crippen molar-refractivity contribution in [3.63, 3.8) is 0 Å². The predicted molar refractivity (Wildman–Crippen MR) is 71.6 cm³/mol. The van der Waals surface area contributed by atoms with Crippen molar-refractivity contribution in [2.24, 2.45) is 5.92 Å². The van der Waals surface area contributed by atoms with Gasteiger partial charge in [-0.2, -0.15) is 0 Å². The number of benzene rings is 1. The van der Waals surface area contributed by atoms with Crippen LogP contribution >= 0.6 is 0 Å². The van der Waals surface area contributed by atoms with Gasteiger partial charge in [0.15, 0.2) is 0 Å². The Balaban J connectivity index is 2.41. The minimum Gasteiger partial charge on any atom is -0.481 e. The average Bonchev–Trinajstić information content (AvgIpc) is 2.73. The molecule has 110 valence electrons. The second kappa shape index (κ2) is 5.13. The molecule has 0 unspecified atom stereocenters. The van der Waals surface area contributed by atoms with E-state index in [1.807, 2.05) is 25.7 Å². The number of carbonyl (C=O) groups is 1. The molecule has 1 fully saturated rings. The maximum Gasteiger partial charge on any atom is 0.308 e. The zero-order valence-corrected chi connectivity index (χ0v) is 11.9. The van der Waals surface area contributed by atoms with E-state index in [0.717, 1.165) is 0 Å². The van der Waals surface area contributed by atoms with Gasteiger partial charge in [-0.15, -0.1) is 0 Å². The van der Waals surface area contributed by atoms with Crippen molar-refractivity contribution in [1.82, 2.24) is 4.90 Å². The highest BCUT2D eigenvalue weighted by Crippen LogP contribution is 2.38. The normalized spacial score (nSPS) is 24.1. The Labute approximate surface area is 117 Å². The van der Waals surface area contributed by atoms with Crippen molar-refractivity contribution >= 4 is 5.97 Å². The molecular formula is C15H19F2NO2. The zero-order chi connectivity index (χ0) is 15.1. The standard InChI is InChI=1S/C15H19F2NO2/c1-15(2,3)18-7-9(10(8-18)14(19)20)13-11(16)5-4-6-12(13)17/h4-6,9-10H,7-8H2,1-3H3,(H,19,20)/t9-,10-/m0/s1. The van der Waals surface area contributed by atoms with E-state index in [4.69, 9.17) is 0 Å². The summed E-state index contributed by atoms with van der Waals surface area (Å²) in [6.07, 6.45) is 0. The van der Waals surface area contributed by atoms with Crippen molar-refractivity contribution in [1.29, 1.82) is 0 Å². The SMILES string of the molecule is CC(C)(C)N1C[C@H](C(=O)O)[C@@H](c2c(F)cccc2F)C1. The number of aliphatic carboxylic acids is 1. The monoisotopic (exact) mass is 283 g/mol. The molecule has 0 saturated carbocycles. The summed E-state index contributed by atoms with van der Waals surface area (Å²) in [6.45, 7) is 6.54. The van der Waals surface area contributed by atoms with Gasteiger partial charge >= 0.3 is 5.97 Å². The lowest BCUT2D eigenvalue weighted by Crippen LogP contribution is -2.40. The van der Waals surface area contributed by atoms with Crippen LogP contribution in [0.2, 0.25) is 0 Å². The van der Waals surface area contributed by atoms with Crippen LogP contribution in [-0.4, -0.2) is 34.6 Å². The number of rotatable bonds is 2. The van der Waals surface area contributed by atoms with Crippen LogP contribution in [0.1, 0.15) is 32.3 Å². The molecule has 1 aliphatic rings. The summed E-state index contributed by atoms with van der Waals surface area (Å²) in [5.41, 5.74) is -0.337. The lowest BCUT2D eigenvalue weighted by Gasteiger charge is -2.31. The molecule has 20 heavy (non-hydrogen) atoms. The second-order valence-electron chi connectivity index (χ2n) is 6.26. The van der Waals surface area contributed by atoms with E-state index in [0.29, 0.717) is 13.1 Å². The molecule has 1 N–H and O–H groups in total. The van der Waals surface area contributed by atoms with Gasteiger partial charge in [0.25, 0.3) is 0 Å². The van der Waals surface area contributed by atoms with Crippen LogP contribution < -0.4 is 0 Å². The molecule has 1 aromatic rings. The molecule has 2 rings (SSSR count). The maximum atomic E-state index is 13.9. The van der Waals surface area contributed by atoms with E-state index in [1.165, 1.54) is 18.2 Å². The van der Waals surface area contributed by atoms with Crippen molar-refractivity contribution < 1.29 is 18.7 Å². The van der Waals surface area contributed by atoms with Gasteiger partial charge in [0.2, 0.25) is 0 Å². The number of nitrogens with zero attached hydrogens (tertiary/aromatic N) is 1. The number of hydrogen-bond acceptors (Lipinski definition) is 2. The molecule has 0 aromatic heterocycles. The molecule has 1 aromatic carbocycles. The summed E-state index contributed by atoms with van der Waals surface area (Å²) in [7, 11) is 0. The largest absolute Gasteiger partial charge is 0.481 e. The summed E-state index contributed by atoms with van der Waals surface area (Å²) in [5, 5.41) is 9.34. The first-order chi connectivity index (χ1) is 9.21. The Hall–Kier alpha value is -1.49. The molecule has 0 radical (unpaired) electrons. The molecule has 3 nitrogen and oxygen atoms in total. The molecule has 0 amide bonds. The van der Waals surface area contributed by atoms with Gasteiger partial charge in [0.05, 0.1) is 5.92 Å². The van der Waals surface area contributed by atoms with Crippen LogP contribution in [0, 0.1) is 17.6 Å². The van der Waals surface area contributed by atoms with E-state index < -0.39 is 29.4 Å². The first-order valence-electron chi connectivity index (χ1n) is 6.63. The number of carboxylic acids is 1. The summed E-state index contributed by atoms with van der Waals surface area (Å²) < 4.78 is 27.8. The Morgan fingerprint density at radius 3 is 2.25 bits per heavy atom. The van der Waals surface area contributed by atoms with Crippen LogP contribution in [0.25, 0.3) is 0 Å². The van der Waals surface area contributed by atoms with Gasteiger partial charge < -0.3 is 5.11 Å². The number of carboxylic acid groups (broad SMARTS) is 1. The van der Waals surface area contributed by atoms with Crippen molar-refractivity contribution in [2.45, 2.75) is 32.2 Å². The minimum atomic E-state index is -1.01. The maximum absolute atomic E-state index is 13.9. The van der Waals surface area contributed by atoms with Gasteiger partial charge in [0.1, 0.15) is 11.6 Å². The third kappa shape index (κ3) is 2.68. The van der Waals surface area contributed by atoms with E-state index >= 15 is 0 Å². The highest BCUT2D eigenvalue weighted by Gasteiger charge is 2.43. The van der Waals surface area contributed by atoms with Gasteiger partial charge in [0, 0.05) is 30.1 Å². The lowest BCUT2D eigenvalue weighted by molar-refractivity contribution is -0.141. The molecule has 0 bridgehead atoms. The van der Waals surface area contributed by atoms with Crippen LogP contribution in [0.3, 0.4) is 0 Å². The molecule has 5 heteroatoms. The zero-order valence-electron chi connectivity index (χ0n) is 11.9. The molecular weight excluding hydrogens is 264 g/mol. The summed E-state index contributed by atoms with van der Waals surface area (Å²) in [5.74, 6) is -3.80. The number of likely N-dealkylation sites (tertiary alicyclic amines) is 1. The lowest BCUT2D eigenvalue weighted by atomic mass is 9.88. The van der Waals surface area contributed by atoms with E-state index in [2.05, 4.69) is 0 Å². The fraction of sp³-hybridized carbons (Fsp3) is 0.533. The van der Waals surface area contributed by atoms with Gasteiger partial charge in [-0.3, -0.25) is 9.69 Å². The third-order valence-corrected chi connectivity index (χ3v) is 3.96. The quantitative estimate of drug-likeness (QED) is 0.907. The fourth-order valence-corrected chi connectivity index (χ4v) is 2.76. The minimum absolute atomic E-state index is 0.105. The molecule has 0 aliphatic carbocycles. The topological polar surface area (TPSA) is 40.5 Å².